The molecule has 0 N–H and O–H groups in total. The van der Waals surface area contributed by atoms with E-state index >= 15 is 0 Å². The summed E-state index contributed by atoms with van der Waals surface area (Å²) in [6.07, 6.45) is 0. The standard InChI is InChI=1S/C20H26S2/c1-15-11-7-9-13-17(15)19(3,4)21-22-20(5,6)18-14-10-8-12-16(18)2/h7-14H,1-6H3. The maximum Gasteiger partial charge on any atom is 0.0458 e. The second-order valence-corrected chi connectivity index (χ2v) is 10.2. The van der Waals surface area contributed by atoms with Gasteiger partial charge in [0.15, 0.2) is 0 Å². The zero-order chi connectivity index (χ0) is 16.4. The van der Waals surface area contributed by atoms with Crippen LogP contribution in [0.1, 0.15) is 49.9 Å². The van der Waals surface area contributed by atoms with E-state index in [-0.39, 0.29) is 9.49 Å². The third-order valence-electron chi connectivity index (χ3n) is 4.05. The van der Waals surface area contributed by atoms with Crippen LogP contribution in [0, 0.1) is 13.8 Å². The quantitative estimate of drug-likeness (QED) is 0.549. The maximum absolute atomic E-state index is 2.32. The van der Waals surface area contributed by atoms with Gasteiger partial charge in [-0.15, -0.1) is 0 Å². The average Bonchev–Trinajstić information content (AvgIpc) is 2.46. The molecular weight excluding hydrogens is 304 g/mol. The largest absolute Gasteiger partial charge is 0.0821 e. The molecule has 118 valence electrons. The van der Waals surface area contributed by atoms with E-state index in [0.29, 0.717) is 0 Å². The van der Waals surface area contributed by atoms with Crippen molar-refractivity contribution in [2.24, 2.45) is 0 Å². The van der Waals surface area contributed by atoms with Crippen LogP contribution in [0.25, 0.3) is 0 Å². The molecule has 0 atom stereocenters. The van der Waals surface area contributed by atoms with E-state index in [1.807, 2.05) is 21.6 Å². The zero-order valence-electron chi connectivity index (χ0n) is 14.4. The van der Waals surface area contributed by atoms with Crippen LogP contribution in [0.4, 0.5) is 0 Å². The van der Waals surface area contributed by atoms with Crippen LogP contribution >= 0.6 is 21.6 Å². The van der Waals surface area contributed by atoms with E-state index < -0.39 is 0 Å². The van der Waals surface area contributed by atoms with Crippen molar-refractivity contribution in [3.8, 4) is 0 Å². The Morgan fingerprint density at radius 2 is 0.909 bits per heavy atom. The van der Waals surface area contributed by atoms with Gasteiger partial charge in [0.1, 0.15) is 0 Å². The number of rotatable bonds is 5. The molecule has 22 heavy (non-hydrogen) atoms. The Hall–Kier alpha value is -0.860. The Balaban J connectivity index is 2.18. The number of benzene rings is 2. The van der Waals surface area contributed by atoms with Gasteiger partial charge in [-0.25, -0.2) is 0 Å². The molecular formula is C20H26S2. The zero-order valence-corrected chi connectivity index (χ0v) is 16.1. The molecule has 0 aromatic heterocycles. The van der Waals surface area contributed by atoms with Crippen molar-refractivity contribution in [2.75, 3.05) is 0 Å². The normalized spacial score (nSPS) is 12.5. The highest BCUT2D eigenvalue weighted by Crippen LogP contribution is 2.53. The molecule has 2 aromatic carbocycles. The minimum absolute atomic E-state index is 0.0932. The van der Waals surface area contributed by atoms with Crippen LogP contribution in [0.5, 0.6) is 0 Å². The first kappa shape index (κ1) is 17.5. The van der Waals surface area contributed by atoms with Gasteiger partial charge in [0, 0.05) is 9.49 Å². The monoisotopic (exact) mass is 330 g/mol. The smallest absolute Gasteiger partial charge is 0.0458 e. The van der Waals surface area contributed by atoms with Crippen molar-refractivity contribution in [3.63, 3.8) is 0 Å². The van der Waals surface area contributed by atoms with E-state index in [1.54, 1.807) is 0 Å². The van der Waals surface area contributed by atoms with Gasteiger partial charge in [0.05, 0.1) is 0 Å². The minimum atomic E-state index is 0.0932. The van der Waals surface area contributed by atoms with Crippen LogP contribution < -0.4 is 0 Å². The molecule has 0 nitrogen and oxygen atoms in total. The fourth-order valence-corrected chi connectivity index (χ4v) is 5.64. The van der Waals surface area contributed by atoms with E-state index in [2.05, 4.69) is 90.1 Å². The summed E-state index contributed by atoms with van der Waals surface area (Å²) in [6.45, 7) is 13.7. The molecule has 0 heterocycles. The SMILES string of the molecule is Cc1ccccc1C(C)(C)SSC(C)(C)c1ccccc1C. The van der Waals surface area contributed by atoms with Crippen LogP contribution in [0.15, 0.2) is 48.5 Å². The predicted octanol–water partition coefficient (Wildman–Crippen LogP) is 6.86. The van der Waals surface area contributed by atoms with Crippen molar-refractivity contribution in [3.05, 3.63) is 70.8 Å². The van der Waals surface area contributed by atoms with Crippen molar-refractivity contribution >= 4 is 21.6 Å². The Morgan fingerprint density at radius 1 is 0.591 bits per heavy atom. The molecule has 0 unspecified atom stereocenters. The summed E-state index contributed by atoms with van der Waals surface area (Å²) in [4.78, 5) is 0. The molecule has 2 rings (SSSR count). The van der Waals surface area contributed by atoms with E-state index in [1.165, 1.54) is 22.3 Å². The molecule has 2 aromatic rings. The molecule has 0 amide bonds. The second kappa shape index (κ2) is 6.72. The van der Waals surface area contributed by atoms with Crippen LogP contribution in [0.3, 0.4) is 0 Å². The summed E-state index contributed by atoms with van der Waals surface area (Å²) in [7, 11) is 3.95. The number of hydrogen-bond donors (Lipinski definition) is 0. The topological polar surface area (TPSA) is 0 Å². The Morgan fingerprint density at radius 3 is 1.23 bits per heavy atom. The van der Waals surface area contributed by atoms with Crippen molar-refractivity contribution in [2.45, 2.75) is 51.0 Å². The van der Waals surface area contributed by atoms with Gasteiger partial charge < -0.3 is 0 Å². The first-order chi connectivity index (χ1) is 10.2. The predicted molar refractivity (Wildman–Crippen MR) is 104 cm³/mol. The lowest BCUT2D eigenvalue weighted by molar-refractivity contribution is 0.771. The van der Waals surface area contributed by atoms with E-state index in [9.17, 15) is 0 Å². The van der Waals surface area contributed by atoms with Crippen LogP contribution in [-0.2, 0) is 9.49 Å². The molecule has 2 heteroatoms. The van der Waals surface area contributed by atoms with E-state index in [0.717, 1.165) is 0 Å². The molecule has 0 spiro atoms. The van der Waals surface area contributed by atoms with Gasteiger partial charge >= 0.3 is 0 Å². The van der Waals surface area contributed by atoms with Gasteiger partial charge in [-0.1, -0.05) is 70.1 Å². The molecule has 0 radical (unpaired) electrons. The third kappa shape index (κ3) is 3.91. The van der Waals surface area contributed by atoms with E-state index in [4.69, 9.17) is 0 Å². The highest BCUT2D eigenvalue weighted by Gasteiger charge is 2.30. The summed E-state index contributed by atoms with van der Waals surface area (Å²) in [5.74, 6) is 0. The first-order valence-corrected chi connectivity index (χ1v) is 9.88. The molecule has 0 aliphatic carbocycles. The molecule has 0 saturated carbocycles. The third-order valence-corrected chi connectivity index (χ3v) is 8.15. The fourth-order valence-electron chi connectivity index (χ4n) is 2.79. The number of hydrogen-bond acceptors (Lipinski definition) is 2. The Kier molecular flexibility index (Phi) is 5.34. The minimum Gasteiger partial charge on any atom is -0.0821 e. The fraction of sp³-hybridized carbons (Fsp3) is 0.400. The van der Waals surface area contributed by atoms with Crippen molar-refractivity contribution in [1.82, 2.24) is 0 Å². The van der Waals surface area contributed by atoms with Crippen LogP contribution in [0.2, 0.25) is 0 Å². The summed E-state index contributed by atoms with van der Waals surface area (Å²) in [6, 6.07) is 17.4. The summed E-state index contributed by atoms with van der Waals surface area (Å²) in [5, 5.41) is 0. The van der Waals surface area contributed by atoms with Gasteiger partial charge in [-0.05, 0) is 63.8 Å². The van der Waals surface area contributed by atoms with Gasteiger partial charge in [0.2, 0.25) is 0 Å². The Bertz CT molecular complexity index is 584. The lowest BCUT2D eigenvalue weighted by Crippen LogP contribution is -2.17. The van der Waals surface area contributed by atoms with Gasteiger partial charge in [-0.3, -0.25) is 0 Å². The number of aryl methyl sites for hydroxylation is 2. The van der Waals surface area contributed by atoms with Gasteiger partial charge in [0.25, 0.3) is 0 Å². The maximum atomic E-state index is 2.32. The summed E-state index contributed by atoms with van der Waals surface area (Å²) >= 11 is 0. The molecule has 0 aliphatic heterocycles. The lowest BCUT2D eigenvalue weighted by atomic mass is 9.97. The summed E-state index contributed by atoms with van der Waals surface area (Å²) in [5.41, 5.74) is 5.59. The molecule has 0 aliphatic rings. The van der Waals surface area contributed by atoms with Crippen molar-refractivity contribution < 1.29 is 0 Å². The molecule has 0 saturated heterocycles. The van der Waals surface area contributed by atoms with Crippen molar-refractivity contribution in [1.29, 1.82) is 0 Å². The highest BCUT2D eigenvalue weighted by molar-refractivity contribution is 8.77. The highest BCUT2D eigenvalue weighted by atomic mass is 33.1. The first-order valence-electron chi connectivity index (χ1n) is 7.73. The second-order valence-electron chi connectivity index (χ2n) is 6.82. The molecule has 0 bridgehead atoms. The van der Waals surface area contributed by atoms with Gasteiger partial charge in [-0.2, -0.15) is 0 Å². The summed E-state index contributed by atoms with van der Waals surface area (Å²) < 4.78 is 0.186. The molecule has 0 fully saturated rings. The average molecular weight is 331 g/mol. The van der Waals surface area contributed by atoms with Crippen LogP contribution in [-0.4, -0.2) is 0 Å². The Labute approximate surface area is 143 Å². The lowest BCUT2D eigenvalue weighted by Gasteiger charge is -2.32.